The standard InChI is InChI=1S/C12H16N2O4/c1-3-18-7-8(2)14-11(15)10-5-4-9(6-13-10)12(16)17/h4-6,8H,3,7H2,1-2H3,(H,14,15)(H,16,17). The highest BCUT2D eigenvalue weighted by Gasteiger charge is 2.12. The lowest BCUT2D eigenvalue weighted by Gasteiger charge is -2.13. The molecule has 6 heteroatoms. The van der Waals surface area contributed by atoms with Crippen LogP contribution in [-0.4, -0.2) is 41.2 Å². The number of hydrogen-bond acceptors (Lipinski definition) is 4. The molecular formula is C12H16N2O4. The van der Waals surface area contributed by atoms with E-state index >= 15 is 0 Å². The number of rotatable bonds is 6. The molecule has 1 aromatic heterocycles. The van der Waals surface area contributed by atoms with Crippen LogP contribution >= 0.6 is 0 Å². The second-order valence-electron chi connectivity index (χ2n) is 3.77. The zero-order valence-corrected chi connectivity index (χ0v) is 10.3. The Morgan fingerprint density at radius 2 is 2.22 bits per heavy atom. The first kappa shape index (κ1) is 14.1. The summed E-state index contributed by atoms with van der Waals surface area (Å²) >= 11 is 0. The predicted molar refractivity (Wildman–Crippen MR) is 64.6 cm³/mol. The van der Waals surface area contributed by atoms with Gasteiger partial charge in [-0.2, -0.15) is 0 Å². The van der Waals surface area contributed by atoms with Crippen LogP contribution in [0.25, 0.3) is 0 Å². The Morgan fingerprint density at radius 3 is 2.72 bits per heavy atom. The number of aromatic carboxylic acids is 1. The smallest absolute Gasteiger partial charge is 0.337 e. The fourth-order valence-electron chi connectivity index (χ4n) is 1.29. The number of carboxylic acid groups (broad SMARTS) is 1. The van der Waals surface area contributed by atoms with E-state index in [4.69, 9.17) is 9.84 Å². The molecule has 0 radical (unpaired) electrons. The number of nitrogens with zero attached hydrogens (tertiary/aromatic N) is 1. The summed E-state index contributed by atoms with van der Waals surface area (Å²) in [4.78, 5) is 26.1. The third-order valence-corrected chi connectivity index (χ3v) is 2.19. The van der Waals surface area contributed by atoms with Crippen LogP contribution in [0.1, 0.15) is 34.7 Å². The molecule has 0 fully saturated rings. The lowest BCUT2D eigenvalue weighted by atomic mass is 10.2. The van der Waals surface area contributed by atoms with E-state index in [1.54, 1.807) is 0 Å². The molecule has 1 amide bonds. The molecule has 1 atom stereocenters. The molecule has 0 saturated heterocycles. The largest absolute Gasteiger partial charge is 0.478 e. The normalized spacial score (nSPS) is 11.9. The van der Waals surface area contributed by atoms with Crippen molar-refractivity contribution >= 4 is 11.9 Å². The molecule has 18 heavy (non-hydrogen) atoms. The quantitative estimate of drug-likeness (QED) is 0.786. The molecule has 0 aromatic carbocycles. The van der Waals surface area contributed by atoms with Crippen LogP contribution in [0, 0.1) is 0 Å². The molecule has 6 nitrogen and oxygen atoms in total. The third-order valence-electron chi connectivity index (χ3n) is 2.19. The fourth-order valence-corrected chi connectivity index (χ4v) is 1.29. The predicted octanol–water partition coefficient (Wildman–Crippen LogP) is 0.935. The Balaban J connectivity index is 2.58. The molecule has 0 aliphatic carbocycles. The van der Waals surface area contributed by atoms with Crippen molar-refractivity contribution in [3.05, 3.63) is 29.6 Å². The van der Waals surface area contributed by atoms with Gasteiger partial charge >= 0.3 is 5.97 Å². The molecule has 1 unspecified atom stereocenters. The summed E-state index contributed by atoms with van der Waals surface area (Å²) < 4.78 is 5.17. The number of aromatic nitrogens is 1. The average molecular weight is 252 g/mol. The van der Waals surface area contributed by atoms with Gasteiger partial charge in [-0.15, -0.1) is 0 Å². The van der Waals surface area contributed by atoms with Gasteiger partial charge in [0.2, 0.25) is 0 Å². The van der Waals surface area contributed by atoms with Gasteiger partial charge < -0.3 is 15.2 Å². The molecule has 1 rings (SSSR count). The number of ether oxygens (including phenoxy) is 1. The number of hydrogen-bond donors (Lipinski definition) is 2. The molecule has 0 aliphatic rings. The van der Waals surface area contributed by atoms with Gasteiger partial charge in [0.15, 0.2) is 0 Å². The van der Waals surface area contributed by atoms with E-state index in [1.165, 1.54) is 12.1 Å². The monoisotopic (exact) mass is 252 g/mol. The van der Waals surface area contributed by atoms with Gasteiger partial charge in [0.05, 0.1) is 12.2 Å². The highest BCUT2D eigenvalue weighted by Crippen LogP contribution is 2.01. The van der Waals surface area contributed by atoms with Crippen LogP contribution in [0.2, 0.25) is 0 Å². The molecule has 2 N–H and O–H groups in total. The summed E-state index contributed by atoms with van der Waals surface area (Å²) in [5.74, 6) is -1.42. The average Bonchev–Trinajstić information content (AvgIpc) is 2.36. The van der Waals surface area contributed by atoms with Crippen molar-refractivity contribution in [1.82, 2.24) is 10.3 Å². The van der Waals surface area contributed by atoms with Crippen molar-refractivity contribution in [3.8, 4) is 0 Å². The van der Waals surface area contributed by atoms with Crippen LogP contribution in [0.15, 0.2) is 18.3 Å². The Kier molecular flexibility index (Phi) is 5.26. The first-order chi connectivity index (χ1) is 8.54. The van der Waals surface area contributed by atoms with E-state index in [0.29, 0.717) is 13.2 Å². The number of pyridine rings is 1. The fraction of sp³-hybridized carbons (Fsp3) is 0.417. The minimum absolute atomic E-state index is 0.0499. The van der Waals surface area contributed by atoms with Crippen LogP contribution in [0.5, 0.6) is 0 Å². The van der Waals surface area contributed by atoms with Gasteiger partial charge in [-0.25, -0.2) is 4.79 Å². The number of nitrogens with one attached hydrogen (secondary N) is 1. The highest BCUT2D eigenvalue weighted by atomic mass is 16.5. The molecule has 1 aromatic rings. The van der Waals surface area contributed by atoms with E-state index in [0.717, 1.165) is 6.20 Å². The van der Waals surface area contributed by atoms with Gasteiger partial charge in [0, 0.05) is 18.8 Å². The maximum atomic E-state index is 11.7. The van der Waals surface area contributed by atoms with E-state index in [9.17, 15) is 9.59 Å². The van der Waals surface area contributed by atoms with Gasteiger partial charge in [0.25, 0.3) is 5.91 Å². The first-order valence-corrected chi connectivity index (χ1v) is 5.62. The number of carbonyl (C=O) groups is 2. The van der Waals surface area contributed by atoms with Crippen molar-refractivity contribution < 1.29 is 19.4 Å². The van der Waals surface area contributed by atoms with Gasteiger partial charge in [0.1, 0.15) is 5.69 Å². The second-order valence-corrected chi connectivity index (χ2v) is 3.77. The zero-order valence-electron chi connectivity index (χ0n) is 10.3. The molecule has 98 valence electrons. The van der Waals surface area contributed by atoms with E-state index in [1.807, 2.05) is 13.8 Å². The zero-order chi connectivity index (χ0) is 13.5. The maximum absolute atomic E-state index is 11.7. The lowest BCUT2D eigenvalue weighted by molar-refractivity contribution is 0.0695. The van der Waals surface area contributed by atoms with E-state index < -0.39 is 5.97 Å². The number of amides is 1. The molecule has 0 spiro atoms. The van der Waals surface area contributed by atoms with Crippen molar-refractivity contribution in [2.75, 3.05) is 13.2 Å². The molecular weight excluding hydrogens is 236 g/mol. The summed E-state index contributed by atoms with van der Waals surface area (Å²) in [6.45, 7) is 4.71. The number of carbonyl (C=O) groups excluding carboxylic acids is 1. The second kappa shape index (κ2) is 6.70. The topological polar surface area (TPSA) is 88.5 Å². The maximum Gasteiger partial charge on any atom is 0.337 e. The van der Waals surface area contributed by atoms with Crippen molar-refractivity contribution in [2.24, 2.45) is 0 Å². The van der Waals surface area contributed by atoms with Crippen LogP contribution < -0.4 is 5.32 Å². The number of carboxylic acids is 1. The first-order valence-electron chi connectivity index (χ1n) is 5.62. The van der Waals surface area contributed by atoms with Crippen LogP contribution in [0.3, 0.4) is 0 Å². The Bertz CT molecular complexity index is 417. The minimum Gasteiger partial charge on any atom is -0.478 e. The summed E-state index contributed by atoms with van der Waals surface area (Å²) in [6, 6.07) is 2.60. The Morgan fingerprint density at radius 1 is 1.50 bits per heavy atom. The van der Waals surface area contributed by atoms with Gasteiger partial charge in [-0.05, 0) is 26.0 Å². The molecule has 0 bridgehead atoms. The van der Waals surface area contributed by atoms with Crippen molar-refractivity contribution in [2.45, 2.75) is 19.9 Å². The lowest BCUT2D eigenvalue weighted by Crippen LogP contribution is -2.36. The van der Waals surface area contributed by atoms with Crippen molar-refractivity contribution in [1.29, 1.82) is 0 Å². The summed E-state index contributed by atoms with van der Waals surface area (Å²) in [6.07, 6.45) is 1.16. The van der Waals surface area contributed by atoms with Crippen molar-refractivity contribution in [3.63, 3.8) is 0 Å². The molecule has 0 aliphatic heterocycles. The highest BCUT2D eigenvalue weighted by molar-refractivity contribution is 5.93. The third kappa shape index (κ3) is 4.14. The van der Waals surface area contributed by atoms with Crippen LogP contribution in [-0.2, 0) is 4.74 Å². The van der Waals surface area contributed by atoms with Gasteiger partial charge in [-0.3, -0.25) is 9.78 Å². The summed E-state index contributed by atoms with van der Waals surface area (Å²) in [5.41, 5.74) is 0.234. The van der Waals surface area contributed by atoms with E-state index in [-0.39, 0.29) is 23.2 Å². The summed E-state index contributed by atoms with van der Waals surface area (Å²) in [5, 5.41) is 11.4. The van der Waals surface area contributed by atoms with E-state index in [2.05, 4.69) is 10.3 Å². The minimum atomic E-state index is -1.07. The molecule has 1 heterocycles. The molecule has 0 saturated carbocycles. The Hall–Kier alpha value is -1.95. The Labute approximate surface area is 105 Å². The van der Waals surface area contributed by atoms with Crippen LogP contribution in [0.4, 0.5) is 0 Å². The van der Waals surface area contributed by atoms with Gasteiger partial charge in [-0.1, -0.05) is 0 Å². The summed E-state index contributed by atoms with van der Waals surface area (Å²) in [7, 11) is 0. The SMILES string of the molecule is CCOCC(C)NC(=O)c1ccc(C(=O)O)cn1.